The van der Waals surface area contributed by atoms with E-state index in [9.17, 15) is 9.59 Å². The molecule has 24 heavy (non-hydrogen) atoms. The summed E-state index contributed by atoms with van der Waals surface area (Å²) in [5.74, 6) is 0.328. The van der Waals surface area contributed by atoms with Crippen molar-refractivity contribution in [3.63, 3.8) is 0 Å². The molecule has 124 valence electrons. The van der Waals surface area contributed by atoms with Gasteiger partial charge in [-0.15, -0.1) is 0 Å². The molecule has 2 aromatic carbocycles. The predicted molar refractivity (Wildman–Crippen MR) is 91.8 cm³/mol. The van der Waals surface area contributed by atoms with Gasteiger partial charge in [0.2, 0.25) is 5.91 Å². The number of imide groups is 1. The van der Waals surface area contributed by atoms with Gasteiger partial charge in [0.25, 0.3) is 5.91 Å². The summed E-state index contributed by atoms with van der Waals surface area (Å²) in [6.45, 7) is 3.04. The number of ether oxygens (including phenoxy) is 1. The first-order valence-electron chi connectivity index (χ1n) is 8.06. The van der Waals surface area contributed by atoms with Crippen LogP contribution < -0.4 is 15.0 Å². The highest BCUT2D eigenvalue weighted by atomic mass is 16.5. The lowest BCUT2D eigenvalue weighted by Gasteiger charge is -2.16. The van der Waals surface area contributed by atoms with Crippen LogP contribution in [0.3, 0.4) is 0 Å². The van der Waals surface area contributed by atoms with E-state index in [1.165, 1.54) is 4.90 Å². The summed E-state index contributed by atoms with van der Waals surface area (Å²) in [7, 11) is 0. The fourth-order valence-corrected chi connectivity index (χ4v) is 2.76. The third kappa shape index (κ3) is 3.46. The molecule has 1 heterocycles. The number of hydrogen-bond donors (Lipinski definition) is 1. The van der Waals surface area contributed by atoms with Gasteiger partial charge < -0.3 is 10.1 Å². The Morgan fingerprint density at radius 3 is 2.46 bits per heavy atom. The number of amides is 2. The molecule has 5 nitrogen and oxygen atoms in total. The lowest BCUT2D eigenvalue weighted by atomic mass is 10.2. The van der Waals surface area contributed by atoms with Crippen LogP contribution in [0.4, 0.5) is 5.69 Å². The lowest BCUT2D eigenvalue weighted by molar-refractivity contribution is -0.121. The van der Waals surface area contributed by atoms with Crippen LogP contribution in [-0.4, -0.2) is 24.5 Å². The van der Waals surface area contributed by atoms with Gasteiger partial charge in [0.05, 0.1) is 24.8 Å². The maximum Gasteiger partial charge on any atom is 0.251 e. The van der Waals surface area contributed by atoms with E-state index >= 15 is 0 Å². The topological polar surface area (TPSA) is 58.6 Å². The Morgan fingerprint density at radius 2 is 1.79 bits per heavy atom. The number of nitrogens with one attached hydrogen (secondary N) is 1. The van der Waals surface area contributed by atoms with Crippen LogP contribution >= 0.6 is 0 Å². The zero-order valence-electron chi connectivity index (χ0n) is 13.6. The molecule has 0 bridgehead atoms. The number of anilines is 1. The predicted octanol–water partition coefficient (Wildman–Crippen LogP) is 2.51. The van der Waals surface area contributed by atoms with Gasteiger partial charge >= 0.3 is 0 Å². The molecule has 0 aliphatic carbocycles. The zero-order valence-corrected chi connectivity index (χ0v) is 13.6. The number of carbonyl (C=O) groups is 2. The first-order chi connectivity index (χ1) is 11.7. The fourth-order valence-electron chi connectivity index (χ4n) is 2.76. The van der Waals surface area contributed by atoms with Crippen molar-refractivity contribution < 1.29 is 14.3 Å². The smallest absolute Gasteiger partial charge is 0.251 e. The number of nitrogens with zero attached hydrogens (tertiary/aromatic N) is 1. The minimum Gasteiger partial charge on any atom is -0.494 e. The lowest BCUT2D eigenvalue weighted by Crippen LogP contribution is -2.38. The summed E-state index contributed by atoms with van der Waals surface area (Å²) in [6, 6.07) is 16.3. The molecule has 3 rings (SSSR count). The zero-order chi connectivity index (χ0) is 16.9. The van der Waals surface area contributed by atoms with Crippen molar-refractivity contribution in [2.75, 3.05) is 11.5 Å². The Labute approximate surface area is 141 Å². The molecule has 0 radical (unpaired) electrons. The first kappa shape index (κ1) is 16.2. The minimum absolute atomic E-state index is 0.179. The first-order valence-corrected chi connectivity index (χ1v) is 8.06. The van der Waals surface area contributed by atoms with Gasteiger partial charge in [0.1, 0.15) is 5.75 Å². The van der Waals surface area contributed by atoms with Crippen molar-refractivity contribution in [1.29, 1.82) is 0 Å². The molecule has 2 aromatic rings. The summed E-state index contributed by atoms with van der Waals surface area (Å²) in [6.07, 6.45) is 0.179. The van der Waals surface area contributed by atoms with Crippen molar-refractivity contribution >= 4 is 17.5 Å². The van der Waals surface area contributed by atoms with E-state index in [0.29, 0.717) is 18.8 Å². The second kappa shape index (κ2) is 7.27. The standard InChI is InChI=1S/C19H20N2O3/c1-2-24-16-10-8-15(9-11-16)21-18(22)12-17(19(21)23)20-13-14-6-4-3-5-7-14/h3-11,17,20H,2,12-13H2,1H3/t17-/m1/s1. The van der Waals surface area contributed by atoms with Crippen molar-refractivity contribution in [2.45, 2.75) is 25.9 Å². The second-order valence-electron chi connectivity index (χ2n) is 5.62. The fraction of sp³-hybridized carbons (Fsp3) is 0.263. The summed E-state index contributed by atoms with van der Waals surface area (Å²) >= 11 is 0. The van der Waals surface area contributed by atoms with E-state index in [4.69, 9.17) is 4.74 Å². The Kier molecular flexibility index (Phi) is 4.91. The van der Waals surface area contributed by atoms with Crippen molar-refractivity contribution in [2.24, 2.45) is 0 Å². The van der Waals surface area contributed by atoms with E-state index in [1.807, 2.05) is 37.3 Å². The molecule has 1 aliphatic rings. The van der Waals surface area contributed by atoms with Crippen molar-refractivity contribution in [1.82, 2.24) is 5.32 Å². The van der Waals surface area contributed by atoms with E-state index in [1.54, 1.807) is 24.3 Å². The molecule has 0 saturated carbocycles. The van der Waals surface area contributed by atoms with E-state index in [0.717, 1.165) is 11.3 Å². The van der Waals surface area contributed by atoms with Crippen molar-refractivity contribution in [3.05, 3.63) is 60.2 Å². The second-order valence-corrected chi connectivity index (χ2v) is 5.62. The molecule has 5 heteroatoms. The van der Waals surface area contributed by atoms with Crippen LogP contribution in [0.1, 0.15) is 18.9 Å². The molecule has 2 amide bonds. The molecule has 0 aromatic heterocycles. The highest BCUT2D eigenvalue weighted by molar-refractivity contribution is 6.22. The van der Waals surface area contributed by atoms with Crippen LogP contribution in [0.15, 0.2) is 54.6 Å². The SMILES string of the molecule is CCOc1ccc(N2C(=O)C[C@@H](NCc3ccccc3)C2=O)cc1. The summed E-state index contributed by atoms with van der Waals surface area (Å²) in [5, 5.41) is 3.17. The molecular weight excluding hydrogens is 304 g/mol. The molecule has 1 aliphatic heterocycles. The normalized spacial score (nSPS) is 17.4. The average Bonchev–Trinajstić information content (AvgIpc) is 2.89. The Bertz CT molecular complexity index is 713. The van der Waals surface area contributed by atoms with Gasteiger partial charge in [-0.05, 0) is 36.8 Å². The number of rotatable bonds is 6. The van der Waals surface area contributed by atoms with Crippen LogP contribution in [0.5, 0.6) is 5.75 Å². The number of benzene rings is 2. The van der Waals surface area contributed by atoms with Gasteiger partial charge in [0.15, 0.2) is 0 Å². The van der Waals surface area contributed by atoms with Gasteiger partial charge in [-0.25, -0.2) is 4.90 Å². The Balaban J connectivity index is 1.67. The van der Waals surface area contributed by atoms with E-state index in [-0.39, 0.29) is 18.2 Å². The monoisotopic (exact) mass is 324 g/mol. The molecule has 1 N–H and O–H groups in total. The van der Waals surface area contributed by atoms with Crippen LogP contribution in [0, 0.1) is 0 Å². The molecule has 0 unspecified atom stereocenters. The summed E-state index contributed by atoms with van der Waals surface area (Å²) < 4.78 is 5.39. The highest BCUT2D eigenvalue weighted by Crippen LogP contribution is 2.25. The molecule has 1 saturated heterocycles. The van der Waals surface area contributed by atoms with Gasteiger partial charge in [-0.3, -0.25) is 9.59 Å². The third-order valence-corrected chi connectivity index (χ3v) is 3.95. The van der Waals surface area contributed by atoms with Crippen LogP contribution in [0.2, 0.25) is 0 Å². The molecular formula is C19H20N2O3. The molecule has 1 fully saturated rings. The summed E-state index contributed by atoms with van der Waals surface area (Å²) in [5.41, 5.74) is 1.66. The maximum absolute atomic E-state index is 12.6. The minimum atomic E-state index is -0.482. The maximum atomic E-state index is 12.6. The highest BCUT2D eigenvalue weighted by Gasteiger charge is 2.39. The van der Waals surface area contributed by atoms with E-state index < -0.39 is 6.04 Å². The quantitative estimate of drug-likeness (QED) is 0.830. The van der Waals surface area contributed by atoms with Crippen LogP contribution in [-0.2, 0) is 16.1 Å². The van der Waals surface area contributed by atoms with Gasteiger partial charge in [0, 0.05) is 6.54 Å². The van der Waals surface area contributed by atoms with Gasteiger partial charge in [-0.2, -0.15) is 0 Å². The molecule has 0 spiro atoms. The van der Waals surface area contributed by atoms with Crippen LogP contribution in [0.25, 0.3) is 0 Å². The van der Waals surface area contributed by atoms with Crippen molar-refractivity contribution in [3.8, 4) is 5.75 Å². The molecule has 1 atom stereocenters. The Morgan fingerprint density at radius 1 is 1.08 bits per heavy atom. The summed E-state index contributed by atoms with van der Waals surface area (Å²) in [4.78, 5) is 26.1. The number of carbonyl (C=O) groups excluding carboxylic acids is 2. The largest absolute Gasteiger partial charge is 0.494 e. The van der Waals surface area contributed by atoms with E-state index in [2.05, 4.69) is 5.32 Å². The van der Waals surface area contributed by atoms with Gasteiger partial charge in [-0.1, -0.05) is 30.3 Å². The Hall–Kier alpha value is -2.66. The number of hydrogen-bond acceptors (Lipinski definition) is 4. The average molecular weight is 324 g/mol. The third-order valence-electron chi connectivity index (χ3n) is 3.95.